The maximum atomic E-state index is 4.18. The molecule has 26 heavy (non-hydrogen) atoms. The Hall–Kier alpha value is -2.75. The summed E-state index contributed by atoms with van der Waals surface area (Å²) in [6, 6.07) is 13.3. The lowest BCUT2D eigenvalue weighted by molar-refractivity contribution is 0.588. The summed E-state index contributed by atoms with van der Waals surface area (Å²) in [4.78, 5) is 0. The van der Waals surface area contributed by atoms with E-state index in [1.165, 1.54) is 16.7 Å². The maximum absolute atomic E-state index is 4.18. The number of nitrogens with one attached hydrogen (secondary N) is 3. The molecular weight excluding hydrogens is 320 g/mol. The average Bonchev–Trinajstić information content (AvgIpc) is 3.21. The van der Waals surface area contributed by atoms with Crippen LogP contribution in [0.3, 0.4) is 0 Å². The van der Waals surface area contributed by atoms with Gasteiger partial charge in [0.05, 0.1) is 29.3 Å². The number of fused-ring (bicyclic) bond motifs is 2. The second-order valence-corrected chi connectivity index (χ2v) is 8.14. The van der Waals surface area contributed by atoms with Crippen LogP contribution in [0.4, 0.5) is 5.69 Å². The van der Waals surface area contributed by atoms with Gasteiger partial charge in [-0.1, -0.05) is 51.6 Å². The van der Waals surface area contributed by atoms with Crippen molar-refractivity contribution in [3.05, 3.63) is 71.7 Å². The molecular formula is C22H26N4. The highest BCUT2D eigenvalue weighted by Crippen LogP contribution is 2.35. The van der Waals surface area contributed by atoms with Crippen molar-refractivity contribution in [2.24, 2.45) is 0 Å². The normalized spacial score (nSPS) is 16.5. The molecule has 1 aliphatic rings. The van der Waals surface area contributed by atoms with Crippen LogP contribution in [0.2, 0.25) is 0 Å². The standard InChI is InChI=1S/C22H26N4/c1-14(24-19-6-5-7-21-18(19)13-23-26-21)25-20-11-8-15-12-16(22(2,3)4)9-10-17(15)20/h5-7,9-10,12-13,20,24-25H,1,8,11H2,2-4H3,(H,23,26). The highest BCUT2D eigenvalue weighted by molar-refractivity contribution is 5.91. The summed E-state index contributed by atoms with van der Waals surface area (Å²) >= 11 is 0. The molecule has 4 rings (SSSR count). The Morgan fingerprint density at radius 2 is 2.08 bits per heavy atom. The van der Waals surface area contributed by atoms with Crippen molar-refractivity contribution >= 4 is 16.6 Å². The topological polar surface area (TPSA) is 52.7 Å². The molecule has 4 heteroatoms. The molecule has 0 saturated heterocycles. The molecule has 3 N–H and O–H groups in total. The number of hydrogen-bond donors (Lipinski definition) is 3. The van der Waals surface area contributed by atoms with E-state index in [4.69, 9.17) is 0 Å². The minimum Gasteiger partial charge on any atom is -0.365 e. The van der Waals surface area contributed by atoms with E-state index in [1.807, 2.05) is 24.4 Å². The Balaban J connectivity index is 1.49. The summed E-state index contributed by atoms with van der Waals surface area (Å²) in [5.74, 6) is 0.816. The molecule has 0 fully saturated rings. The van der Waals surface area contributed by atoms with Gasteiger partial charge in [-0.05, 0) is 47.1 Å². The van der Waals surface area contributed by atoms with Gasteiger partial charge in [-0.15, -0.1) is 0 Å². The monoisotopic (exact) mass is 346 g/mol. The second kappa shape index (κ2) is 6.20. The predicted molar refractivity (Wildman–Crippen MR) is 108 cm³/mol. The van der Waals surface area contributed by atoms with Crippen LogP contribution in [0.25, 0.3) is 10.9 Å². The van der Waals surface area contributed by atoms with Crippen LogP contribution in [-0.2, 0) is 11.8 Å². The van der Waals surface area contributed by atoms with Gasteiger partial charge in [0.2, 0.25) is 0 Å². The Kier molecular flexibility index (Phi) is 3.98. The van der Waals surface area contributed by atoms with E-state index in [0.29, 0.717) is 6.04 Å². The first-order valence-electron chi connectivity index (χ1n) is 9.20. The quantitative estimate of drug-likeness (QED) is 0.622. The molecule has 1 aromatic heterocycles. The van der Waals surface area contributed by atoms with Crippen molar-refractivity contribution in [1.82, 2.24) is 15.5 Å². The number of anilines is 1. The zero-order valence-electron chi connectivity index (χ0n) is 15.7. The molecule has 0 radical (unpaired) electrons. The van der Waals surface area contributed by atoms with Crippen LogP contribution in [-0.4, -0.2) is 10.2 Å². The molecule has 1 unspecified atom stereocenters. The van der Waals surface area contributed by atoms with Gasteiger partial charge in [-0.2, -0.15) is 5.10 Å². The summed E-state index contributed by atoms with van der Waals surface area (Å²) in [7, 11) is 0. The van der Waals surface area contributed by atoms with E-state index < -0.39 is 0 Å². The van der Waals surface area contributed by atoms with Gasteiger partial charge in [-0.25, -0.2) is 0 Å². The Morgan fingerprint density at radius 1 is 1.23 bits per heavy atom. The van der Waals surface area contributed by atoms with Gasteiger partial charge >= 0.3 is 0 Å². The molecule has 1 aliphatic carbocycles. The molecule has 0 bridgehead atoms. The van der Waals surface area contributed by atoms with E-state index in [-0.39, 0.29) is 5.41 Å². The van der Waals surface area contributed by atoms with Crippen LogP contribution >= 0.6 is 0 Å². The third kappa shape index (κ3) is 3.07. The van der Waals surface area contributed by atoms with Gasteiger partial charge in [0.1, 0.15) is 0 Å². The fourth-order valence-electron chi connectivity index (χ4n) is 3.72. The SMILES string of the molecule is C=C(Nc1cccc2[nH]ncc12)NC1CCc2cc(C(C)(C)C)ccc21. The summed E-state index contributed by atoms with van der Waals surface area (Å²) in [6.07, 6.45) is 4.05. The Bertz CT molecular complexity index is 962. The summed E-state index contributed by atoms with van der Waals surface area (Å²) in [5, 5.41) is 15.1. The summed E-state index contributed by atoms with van der Waals surface area (Å²) in [6.45, 7) is 11.0. The van der Waals surface area contributed by atoms with Crippen LogP contribution in [0.5, 0.6) is 0 Å². The molecule has 1 atom stereocenters. The van der Waals surface area contributed by atoms with Crippen molar-refractivity contribution in [3.63, 3.8) is 0 Å². The van der Waals surface area contributed by atoms with E-state index in [1.54, 1.807) is 0 Å². The number of nitrogens with zero attached hydrogens (tertiary/aromatic N) is 1. The minimum absolute atomic E-state index is 0.189. The lowest BCUT2D eigenvalue weighted by atomic mass is 9.85. The predicted octanol–water partition coefficient (Wildman–Crippen LogP) is 5.02. The van der Waals surface area contributed by atoms with Gasteiger partial charge in [-0.3, -0.25) is 5.10 Å². The zero-order chi connectivity index (χ0) is 18.3. The fourth-order valence-corrected chi connectivity index (χ4v) is 3.72. The maximum Gasteiger partial charge on any atom is 0.0962 e. The molecule has 4 nitrogen and oxygen atoms in total. The first kappa shape index (κ1) is 16.7. The Labute approximate surface area is 154 Å². The second-order valence-electron chi connectivity index (χ2n) is 8.14. The lowest BCUT2D eigenvalue weighted by Crippen LogP contribution is -2.23. The number of benzene rings is 2. The highest BCUT2D eigenvalue weighted by Gasteiger charge is 2.25. The third-order valence-corrected chi connectivity index (χ3v) is 5.21. The Morgan fingerprint density at radius 3 is 2.88 bits per heavy atom. The number of aromatic nitrogens is 2. The summed E-state index contributed by atoms with van der Waals surface area (Å²) in [5.41, 5.74) is 6.47. The lowest BCUT2D eigenvalue weighted by Gasteiger charge is -2.22. The van der Waals surface area contributed by atoms with Crippen LogP contribution in [0.1, 0.15) is 49.9 Å². The molecule has 1 heterocycles. The van der Waals surface area contributed by atoms with Crippen LogP contribution in [0, 0.1) is 0 Å². The van der Waals surface area contributed by atoms with E-state index >= 15 is 0 Å². The van der Waals surface area contributed by atoms with Crippen molar-refractivity contribution in [2.75, 3.05) is 5.32 Å². The van der Waals surface area contributed by atoms with Crippen molar-refractivity contribution in [1.29, 1.82) is 0 Å². The number of aryl methyl sites for hydroxylation is 1. The van der Waals surface area contributed by atoms with E-state index in [2.05, 4.69) is 66.4 Å². The molecule has 0 saturated carbocycles. The van der Waals surface area contributed by atoms with E-state index in [0.717, 1.165) is 35.3 Å². The molecule has 0 spiro atoms. The van der Waals surface area contributed by atoms with Crippen LogP contribution in [0.15, 0.2) is 55.0 Å². The fraction of sp³-hybridized carbons (Fsp3) is 0.318. The zero-order valence-corrected chi connectivity index (χ0v) is 15.7. The molecule has 3 aromatic rings. The minimum atomic E-state index is 0.189. The molecule has 2 aromatic carbocycles. The van der Waals surface area contributed by atoms with Crippen LogP contribution < -0.4 is 10.6 Å². The number of rotatable bonds is 4. The third-order valence-electron chi connectivity index (χ3n) is 5.21. The first-order valence-corrected chi connectivity index (χ1v) is 9.20. The number of H-pyrrole nitrogens is 1. The van der Waals surface area contributed by atoms with Crippen molar-refractivity contribution in [2.45, 2.75) is 45.1 Å². The van der Waals surface area contributed by atoms with Crippen molar-refractivity contribution < 1.29 is 0 Å². The first-order chi connectivity index (χ1) is 12.4. The van der Waals surface area contributed by atoms with E-state index in [9.17, 15) is 0 Å². The number of aromatic amines is 1. The smallest absolute Gasteiger partial charge is 0.0962 e. The van der Waals surface area contributed by atoms with Crippen molar-refractivity contribution in [3.8, 4) is 0 Å². The average molecular weight is 346 g/mol. The van der Waals surface area contributed by atoms with Gasteiger partial charge in [0, 0.05) is 5.39 Å². The largest absolute Gasteiger partial charge is 0.365 e. The highest BCUT2D eigenvalue weighted by atomic mass is 15.1. The number of hydrogen-bond acceptors (Lipinski definition) is 3. The van der Waals surface area contributed by atoms with Gasteiger partial charge < -0.3 is 10.6 Å². The molecule has 0 aliphatic heterocycles. The van der Waals surface area contributed by atoms with Gasteiger partial charge in [0.15, 0.2) is 0 Å². The molecule has 0 amide bonds. The molecule has 134 valence electrons. The summed E-state index contributed by atoms with van der Waals surface area (Å²) < 4.78 is 0. The van der Waals surface area contributed by atoms with Gasteiger partial charge in [0.25, 0.3) is 0 Å².